The highest BCUT2D eigenvalue weighted by Gasteiger charge is 2.32. The van der Waals surface area contributed by atoms with Crippen molar-refractivity contribution in [3.05, 3.63) is 0 Å². The van der Waals surface area contributed by atoms with E-state index in [0.29, 0.717) is 12.5 Å². The highest BCUT2D eigenvalue weighted by Crippen LogP contribution is 2.19. The fraction of sp³-hybridized carbons (Fsp3) is 1.00. The Morgan fingerprint density at radius 2 is 2.06 bits per heavy atom. The first-order valence-electron chi connectivity index (χ1n) is 6.34. The largest absolute Gasteiger partial charge is 0.411 e. The van der Waals surface area contributed by atoms with Crippen LogP contribution in [-0.2, 0) is 4.74 Å². The average Bonchev–Trinajstić information content (AvgIpc) is 2.21. The van der Waals surface area contributed by atoms with Crippen LogP contribution < -0.4 is 5.32 Å². The number of halogens is 3. The molecule has 0 aromatic carbocycles. The summed E-state index contributed by atoms with van der Waals surface area (Å²) in [7, 11) is 0. The maximum Gasteiger partial charge on any atom is 0.411 e. The lowest BCUT2D eigenvalue weighted by Gasteiger charge is -2.45. The molecule has 0 aliphatic carbocycles. The van der Waals surface area contributed by atoms with Crippen molar-refractivity contribution < 1.29 is 17.9 Å². The fourth-order valence-electron chi connectivity index (χ4n) is 2.12. The Hall–Kier alpha value is -0.330. The predicted molar refractivity (Wildman–Crippen MR) is 64.6 cm³/mol. The number of ether oxygens (including phenoxy) is 1. The Balaban J connectivity index is 2.21. The molecule has 1 fully saturated rings. The Morgan fingerprint density at radius 1 is 1.39 bits per heavy atom. The number of piperazine rings is 1. The summed E-state index contributed by atoms with van der Waals surface area (Å²) < 4.78 is 40.2. The molecule has 1 aliphatic rings. The first-order valence-corrected chi connectivity index (χ1v) is 6.34. The van der Waals surface area contributed by atoms with Gasteiger partial charge in [-0.1, -0.05) is 0 Å². The molecule has 1 atom stereocenters. The van der Waals surface area contributed by atoms with E-state index in [1.54, 1.807) is 0 Å². The van der Waals surface area contributed by atoms with Gasteiger partial charge in [0.05, 0.1) is 0 Å². The van der Waals surface area contributed by atoms with Crippen molar-refractivity contribution in [2.75, 3.05) is 32.8 Å². The highest BCUT2D eigenvalue weighted by atomic mass is 19.4. The molecule has 3 nitrogen and oxygen atoms in total. The van der Waals surface area contributed by atoms with E-state index in [1.807, 2.05) is 0 Å². The molecule has 1 aliphatic heterocycles. The van der Waals surface area contributed by atoms with Gasteiger partial charge in [-0.3, -0.25) is 4.90 Å². The summed E-state index contributed by atoms with van der Waals surface area (Å²) in [6, 6.07) is 0.425. The second-order valence-corrected chi connectivity index (χ2v) is 5.56. The third-order valence-electron chi connectivity index (χ3n) is 3.22. The Morgan fingerprint density at radius 3 is 2.67 bits per heavy atom. The average molecular weight is 268 g/mol. The SMILES string of the molecule is CC1CN(CCCOCC(F)(F)F)C(C)(C)CN1. The van der Waals surface area contributed by atoms with Gasteiger partial charge >= 0.3 is 6.18 Å². The van der Waals surface area contributed by atoms with Gasteiger partial charge in [-0.15, -0.1) is 0 Å². The lowest BCUT2D eigenvalue weighted by molar-refractivity contribution is -0.174. The molecule has 0 saturated carbocycles. The summed E-state index contributed by atoms with van der Waals surface area (Å²) >= 11 is 0. The van der Waals surface area contributed by atoms with E-state index in [-0.39, 0.29) is 12.1 Å². The Kier molecular flexibility index (Phi) is 5.43. The van der Waals surface area contributed by atoms with Crippen LogP contribution in [0.2, 0.25) is 0 Å². The third kappa shape index (κ3) is 5.54. The normalized spacial score (nSPS) is 25.3. The second kappa shape index (κ2) is 6.21. The summed E-state index contributed by atoms with van der Waals surface area (Å²) in [5.41, 5.74) is 0.0521. The molecule has 0 aromatic rings. The molecule has 0 amide bonds. The van der Waals surface area contributed by atoms with Gasteiger partial charge in [-0.2, -0.15) is 13.2 Å². The van der Waals surface area contributed by atoms with Crippen LogP contribution in [-0.4, -0.2) is 55.5 Å². The number of nitrogens with one attached hydrogen (secondary N) is 1. The van der Waals surface area contributed by atoms with E-state index >= 15 is 0 Å². The molecular weight excluding hydrogens is 245 g/mol. The zero-order chi connectivity index (χ0) is 13.8. The molecule has 6 heteroatoms. The van der Waals surface area contributed by atoms with Gasteiger partial charge in [-0.25, -0.2) is 0 Å². The smallest absolute Gasteiger partial charge is 0.372 e. The van der Waals surface area contributed by atoms with Crippen molar-refractivity contribution in [3.63, 3.8) is 0 Å². The van der Waals surface area contributed by atoms with Crippen molar-refractivity contribution >= 4 is 0 Å². The van der Waals surface area contributed by atoms with Crippen LogP contribution in [0.1, 0.15) is 27.2 Å². The molecule has 18 heavy (non-hydrogen) atoms. The number of nitrogens with zero attached hydrogens (tertiary/aromatic N) is 1. The molecule has 1 saturated heterocycles. The summed E-state index contributed by atoms with van der Waals surface area (Å²) in [5.74, 6) is 0. The van der Waals surface area contributed by atoms with Crippen LogP contribution in [0.15, 0.2) is 0 Å². The van der Waals surface area contributed by atoms with Crippen molar-refractivity contribution in [1.29, 1.82) is 0 Å². The summed E-state index contributed by atoms with van der Waals surface area (Å²) in [5, 5.41) is 3.40. The van der Waals surface area contributed by atoms with Crippen LogP contribution in [0.5, 0.6) is 0 Å². The van der Waals surface area contributed by atoms with Crippen LogP contribution in [0.3, 0.4) is 0 Å². The van der Waals surface area contributed by atoms with E-state index in [0.717, 1.165) is 19.6 Å². The topological polar surface area (TPSA) is 24.5 Å². The number of hydrogen-bond acceptors (Lipinski definition) is 3. The van der Waals surface area contributed by atoms with Crippen molar-refractivity contribution in [3.8, 4) is 0 Å². The van der Waals surface area contributed by atoms with Crippen molar-refractivity contribution in [2.24, 2.45) is 0 Å². The van der Waals surface area contributed by atoms with Gasteiger partial charge in [0, 0.05) is 37.8 Å². The number of hydrogen-bond donors (Lipinski definition) is 1. The number of rotatable bonds is 5. The van der Waals surface area contributed by atoms with Crippen molar-refractivity contribution in [2.45, 2.75) is 44.9 Å². The summed E-state index contributed by atoms with van der Waals surface area (Å²) in [6.07, 6.45) is -3.59. The van der Waals surface area contributed by atoms with Gasteiger partial charge in [0.15, 0.2) is 0 Å². The molecule has 1 heterocycles. The minimum Gasteiger partial charge on any atom is -0.372 e. The molecule has 108 valence electrons. The molecule has 0 bridgehead atoms. The van der Waals surface area contributed by atoms with Crippen LogP contribution in [0.25, 0.3) is 0 Å². The van der Waals surface area contributed by atoms with E-state index in [1.165, 1.54) is 0 Å². The Bertz CT molecular complexity index is 256. The van der Waals surface area contributed by atoms with E-state index in [2.05, 4.69) is 35.7 Å². The molecule has 1 N–H and O–H groups in total. The second-order valence-electron chi connectivity index (χ2n) is 5.56. The Labute approximate surface area is 107 Å². The predicted octanol–water partition coefficient (Wildman–Crippen LogP) is 2.03. The van der Waals surface area contributed by atoms with E-state index in [9.17, 15) is 13.2 Å². The zero-order valence-corrected chi connectivity index (χ0v) is 11.3. The van der Waals surface area contributed by atoms with Gasteiger partial charge in [-0.05, 0) is 27.2 Å². The maximum atomic E-state index is 11.9. The quantitative estimate of drug-likeness (QED) is 0.772. The molecule has 0 radical (unpaired) electrons. The summed E-state index contributed by atoms with van der Waals surface area (Å²) in [4.78, 5) is 2.31. The number of alkyl halides is 3. The van der Waals surface area contributed by atoms with E-state index < -0.39 is 12.8 Å². The minimum absolute atomic E-state index is 0.0521. The molecule has 0 aromatic heterocycles. The molecular formula is C12H23F3N2O. The first kappa shape index (κ1) is 15.7. The van der Waals surface area contributed by atoms with Crippen LogP contribution in [0.4, 0.5) is 13.2 Å². The lowest BCUT2D eigenvalue weighted by atomic mass is 9.97. The van der Waals surface area contributed by atoms with Gasteiger partial charge in [0.25, 0.3) is 0 Å². The van der Waals surface area contributed by atoms with Gasteiger partial charge < -0.3 is 10.1 Å². The van der Waals surface area contributed by atoms with Gasteiger partial charge in [0.1, 0.15) is 6.61 Å². The minimum atomic E-state index is -4.22. The summed E-state index contributed by atoms with van der Waals surface area (Å²) in [6.45, 7) is 8.01. The standard InChI is InChI=1S/C12H23F3N2O/c1-10-7-17(11(2,3)8-16-10)5-4-6-18-9-12(13,14)15/h10,16H,4-9H2,1-3H3. The molecule has 0 spiro atoms. The van der Waals surface area contributed by atoms with Crippen LogP contribution in [0, 0.1) is 0 Å². The van der Waals surface area contributed by atoms with Crippen LogP contribution >= 0.6 is 0 Å². The molecule has 1 unspecified atom stereocenters. The first-order chi connectivity index (χ1) is 8.21. The van der Waals surface area contributed by atoms with Gasteiger partial charge in [0.2, 0.25) is 0 Å². The molecule has 1 rings (SSSR count). The lowest BCUT2D eigenvalue weighted by Crippen LogP contribution is -2.61. The fourth-order valence-corrected chi connectivity index (χ4v) is 2.12. The monoisotopic (exact) mass is 268 g/mol. The van der Waals surface area contributed by atoms with Crippen molar-refractivity contribution in [1.82, 2.24) is 10.2 Å². The third-order valence-corrected chi connectivity index (χ3v) is 3.22. The zero-order valence-electron chi connectivity index (χ0n) is 11.3. The van der Waals surface area contributed by atoms with E-state index in [4.69, 9.17) is 0 Å². The highest BCUT2D eigenvalue weighted by molar-refractivity contribution is 4.91. The maximum absolute atomic E-state index is 11.9.